The Hall–Kier alpha value is -2.00. The van der Waals surface area contributed by atoms with E-state index in [0.29, 0.717) is 25.7 Å². The van der Waals surface area contributed by atoms with Crippen molar-refractivity contribution in [2.75, 3.05) is 14.2 Å². The Bertz CT molecular complexity index is 1350. The van der Waals surface area contributed by atoms with Crippen molar-refractivity contribution < 1.29 is 19.7 Å². The normalized spacial score (nSPS) is 12.8. The van der Waals surface area contributed by atoms with Crippen molar-refractivity contribution in [3.8, 4) is 23.0 Å². The lowest BCUT2D eigenvalue weighted by Crippen LogP contribution is -2.04. The molecule has 0 aliphatic heterocycles. The SMILES string of the molecule is COc1c2cc(Br)cc1Cc1cc(Br)cc(c1O)Cc1cc(Br)cc(c1OC)Cc1cc(Br)cc(c1O)C2. The first-order valence-electron chi connectivity index (χ1n) is 11.9. The standard InChI is InChI=1S/C30H24Br4O4/c1-37-29-19-3-15-7-23(31)9-17(27(15)35)5-21-13-26(34)14-22(30(21)38-2)6-18-10-24(32)8-16(28(18)36)4-20(29)12-25(33)11-19/h7-14,35-36H,3-6H2,1-2H3. The smallest absolute Gasteiger partial charge is 0.125 e. The molecule has 0 saturated heterocycles. The van der Waals surface area contributed by atoms with Crippen LogP contribution in [0, 0.1) is 0 Å². The van der Waals surface area contributed by atoms with Crippen LogP contribution in [0.25, 0.3) is 0 Å². The molecule has 0 unspecified atom stereocenters. The average Bonchev–Trinajstić information content (AvgIpc) is 2.84. The maximum absolute atomic E-state index is 11.4. The molecular formula is C30H24Br4O4. The van der Waals surface area contributed by atoms with Crippen LogP contribution in [-0.2, 0) is 25.7 Å². The summed E-state index contributed by atoms with van der Waals surface area (Å²) in [7, 11) is 3.31. The monoisotopic (exact) mass is 764 g/mol. The maximum atomic E-state index is 11.4. The summed E-state index contributed by atoms with van der Waals surface area (Å²) in [5, 5.41) is 22.8. The van der Waals surface area contributed by atoms with Gasteiger partial charge in [-0.1, -0.05) is 63.7 Å². The fourth-order valence-corrected chi connectivity index (χ4v) is 7.48. The number of methoxy groups -OCH3 is 2. The van der Waals surface area contributed by atoms with Crippen molar-refractivity contribution in [1.29, 1.82) is 0 Å². The van der Waals surface area contributed by atoms with E-state index in [2.05, 4.69) is 63.7 Å². The summed E-state index contributed by atoms with van der Waals surface area (Å²) >= 11 is 14.6. The molecule has 4 nitrogen and oxygen atoms in total. The third kappa shape index (κ3) is 5.51. The fourth-order valence-electron chi connectivity index (χ4n) is 5.27. The van der Waals surface area contributed by atoms with Gasteiger partial charge in [-0.2, -0.15) is 0 Å². The molecule has 0 radical (unpaired) electrons. The fraction of sp³-hybridized carbons (Fsp3) is 0.200. The Morgan fingerprint density at radius 1 is 0.447 bits per heavy atom. The minimum atomic E-state index is 0.249. The van der Waals surface area contributed by atoms with E-state index in [9.17, 15) is 10.2 Å². The Balaban J connectivity index is 1.81. The van der Waals surface area contributed by atoms with E-state index in [4.69, 9.17) is 9.47 Å². The minimum Gasteiger partial charge on any atom is -0.507 e. The molecule has 4 aromatic carbocycles. The summed E-state index contributed by atoms with van der Waals surface area (Å²) in [6.07, 6.45) is 1.85. The lowest BCUT2D eigenvalue weighted by atomic mass is 9.91. The number of rotatable bonds is 2. The number of hydrogen-bond donors (Lipinski definition) is 2. The van der Waals surface area contributed by atoms with Gasteiger partial charge in [0.2, 0.25) is 0 Å². The Morgan fingerprint density at radius 2 is 0.658 bits per heavy atom. The van der Waals surface area contributed by atoms with E-state index < -0.39 is 0 Å². The largest absolute Gasteiger partial charge is 0.507 e. The topological polar surface area (TPSA) is 58.9 Å². The second-order valence-corrected chi connectivity index (χ2v) is 13.0. The summed E-state index contributed by atoms with van der Waals surface area (Å²) in [5.74, 6) is 1.97. The molecule has 0 amide bonds. The highest BCUT2D eigenvalue weighted by Gasteiger charge is 2.21. The molecule has 1 aliphatic carbocycles. The number of halogens is 4. The van der Waals surface area contributed by atoms with Gasteiger partial charge < -0.3 is 19.7 Å². The van der Waals surface area contributed by atoms with Gasteiger partial charge in [0.25, 0.3) is 0 Å². The van der Waals surface area contributed by atoms with Gasteiger partial charge in [0, 0.05) is 65.8 Å². The highest BCUT2D eigenvalue weighted by atomic mass is 79.9. The number of aromatic hydroxyl groups is 2. The summed E-state index contributed by atoms with van der Waals surface area (Å²) in [5.41, 5.74) is 6.86. The predicted octanol–water partition coefficient (Wildman–Crippen LogP) is 8.84. The molecule has 2 N–H and O–H groups in total. The first-order valence-corrected chi connectivity index (χ1v) is 15.0. The lowest BCUT2D eigenvalue weighted by Gasteiger charge is -2.20. The Morgan fingerprint density at radius 3 is 0.868 bits per heavy atom. The average molecular weight is 768 g/mol. The third-order valence-corrected chi connectivity index (χ3v) is 8.64. The van der Waals surface area contributed by atoms with Crippen LogP contribution in [0.3, 0.4) is 0 Å². The minimum absolute atomic E-state index is 0.249. The quantitative estimate of drug-likeness (QED) is 0.189. The van der Waals surface area contributed by atoms with Crippen LogP contribution < -0.4 is 9.47 Å². The van der Waals surface area contributed by atoms with Crippen molar-refractivity contribution >= 4 is 63.7 Å². The first-order chi connectivity index (χ1) is 18.2. The van der Waals surface area contributed by atoms with Crippen LogP contribution in [0.15, 0.2) is 66.4 Å². The van der Waals surface area contributed by atoms with Gasteiger partial charge in [0.15, 0.2) is 0 Å². The molecule has 0 fully saturated rings. The van der Waals surface area contributed by atoms with Gasteiger partial charge in [-0.05, 0) is 70.8 Å². The summed E-state index contributed by atoms with van der Waals surface area (Å²) < 4.78 is 15.4. The van der Waals surface area contributed by atoms with Crippen LogP contribution in [-0.4, -0.2) is 24.4 Å². The molecule has 0 spiro atoms. The molecule has 38 heavy (non-hydrogen) atoms. The van der Waals surface area contributed by atoms with E-state index in [1.54, 1.807) is 14.2 Å². The van der Waals surface area contributed by atoms with Crippen LogP contribution in [0.1, 0.15) is 44.5 Å². The number of ether oxygens (including phenoxy) is 2. The molecule has 196 valence electrons. The third-order valence-electron chi connectivity index (χ3n) is 6.81. The number of hydrogen-bond acceptors (Lipinski definition) is 4. The molecule has 0 heterocycles. The zero-order chi connectivity index (χ0) is 27.1. The molecular weight excluding hydrogens is 744 g/mol. The summed E-state index contributed by atoms with van der Waals surface area (Å²) in [6, 6.07) is 15.8. The van der Waals surface area contributed by atoms with Crippen molar-refractivity contribution in [1.82, 2.24) is 0 Å². The highest BCUT2D eigenvalue weighted by molar-refractivity contribution is 9.11. The number of phenols is 2. The highest BCUT2D eigenvalue weighted by Crippen LogP contribution is 2.41. The molecule has 5 rings (SSSR count). The van der Waals surface area contributed by atoms with Gasteiger partial charge >= 0.3 is 0 Å². The van der Waals surface area contributed by atoms with Gasteiger partial charge in [-0.15, -0.1) is 0 Å². The molecule has 8 bridgehead atoms. The van der Waals surface area contributed by atoms with Gasteiger partial charge in [0.05, 0.1) is 14.2 Å². The molecule has 0 aromatic heterocycles. The van der Waals surface area contributed by atoms with Crippen molar-refractivity contribution in [2.45, 2.75) is 25.7 Å². The first kappa shape index (κ1) is 27.6. The second kappa shape index (κ2) is 11.2. The zero-order valence-corrected chi connectivity index (χ0v) is 27.0. The van der Waals surface area contributed by atoms with Crippen LogP contribution in [0.5, 0.6) is 23.0 Å². The van der Waals surface area contributed by atoms with Gasteiger partial charge in [-0.3, -0.25) is 0 Å². The molecule has 1 aliphatic rings. The van der Waals surface area contributed by atoms with Crippen molar-refractivity contribution in [3.05, 3.63) is 111 Å². The lowest BCUT2D eigenvalue weighted by molar-refractivity contribution is 0.404. The van der Waals surface area contributed by atoms with E-state index in [1.165, 1.54) is 0 Å². The zero-order valence-electron chi connectivity index (χ0n) is 20.7. The summed E-state index contributed by atoms with van der Waals surface area (Å²) in [4.78, 5) is 0. The second-order valence-electron chi connectivity index (χ2n) is 9.37. The van der Waals surface area contributed by atoms with E-state index in [1.807, 2.05) is 48.5 Å². The van der Waals surface area contributed by atoms with Gasteiger partial charge in [0.1, 0.15) is 23.0 Å². The Kier molecular flexibility index (Phi) is 8.15. The number of phenolic OH excluding ortho intramolecular Hbond substituents is 2. The number of fused-ring (bicyclic) bond motifs is 8. The van der Waals surface area contributed by atoms with Crippen molar-refractivity contribution in [3.63, 3.8) is 0 Å². The molecule has 8 heteroatoms. The van der Waals surface area contributed by atoms with Crippen molar-refractivity contribution in [2.24, 2.45) is 0 Å². The maximum Gasteiger partial charge on any atom is 0.125 e. The van der Waals surface area contributed by atoms with E-state index in [0.717, 1.165) is 73.9 Å². The molecule has 4 aromatic rings. The van der Waals surface area contributed by atoms with Crippen LogP contribution >= 0.6 is 63.7 Å². The predicted molar refractivity (Wildman–Crippen MR) is 164 cm³/mol. The Labute approximate surface area is 255 Å². The molecule has 0 saturated carbocycles. The number of benzene rings is 4. The van der Waals surface area contributed by atoms with E-state index in [-0.39, 0.29) is 11.5 Å². The van der Waals surface area contributed by atoms with Crippen LogP contribution in [0.2, 0.25) is 0 Å². The summed E-state index contributed by atoms with van der Waals surface area (Å²) in [6.45, 7) is 0. The van der Waals surface area contributed by atoms with E-state index >= 15 is 0 Å². The van der Waals surface area contributed by atoms with Crippen LogP contribution in [0.4, 0.5) is 0 Å². The van der Waals surface area contributed by atoms with Gasteiger partial charge in [-0.25, -0.2) is 0 Å². The molecule has 0 atom stereocenters.